The molecule has 0 aliphatic carbocycles. The van der Waals surface area contributed by atoms with Crippen molar-refractivity contribution in [1.82, 2.24) is 15.3 Å². The first-order valence-corrected chi connectivity index (χ1v) is 10.7. The average Bonchev–Trinajstić information content (AvgIpc) is 3.20. The fourth-order valence-electron chi connectivity index (χ4n) is 3.89. The summed E-state index contributed by atoms with van der Waals surface area (Å²) < 4.78 is 14.0. The number of rotatable bonds is 9. The van der Waals surface area contributed by atoms with Gasteiger partial charge in [0, 0.05) is 32.4 Å². The van der Waals surface area contributed by atoms with Crippen molar-refractivity contribution in [2.45, 2.75) is 33.4 Å². The van der Waals surface area contributed by atoms with E-state index in [1.807, 2.05) is 42.0 Å². The Morgan fingerprint density at radius 2 is 1.94 bits per heavy atom. The average molecular weight is 424 g/mol. The molecule has 0 radical (unpaired) electrons. The minimum Gasteiger partial charge on any atom is -0.362 e. The van der Waals surface area contributed by atoms with Crippen molar-refractivity contribution in [3.05, 3.63) is 64.5 Å². The first-order chi connectivity index (χ1) is 14.9. The SMILES string of the molecule is CCNCCCN(CC(=O)N(C)N1Cc2ccccc2C1)c1cc(C#N)c(F)cc1C. The summed E-state index contributed by atoms with van der Waals surface area (Å²) in [4.78, 5) is 15.1. The summed E-state index contributed by atoms with van der Waals surface area (Å²) in [6.07, 6.45) is 0.832. The summed E-state index contributed by atoms with van der Waals surface area (Å²) in [5, 5.41) is 16.3. The molecule has 2 aromatic rings. The van der Waals surface area contributed by atoms with E-state index >= 15 is 0 Å². The van der Waals surface area contributed by atoms with Gasteiger partial charge in [0.25, 0.3) is 5.91 Å². The lowest BCUT2D eigenvalue weighted by Crippen LogP contribution is -2.46. The molecule has 0 saturated carbocycles. The highest BCUT2D eigenvalue weighted by atomic mass is 19.1. The van der Waals surface area contributed by atoms with E-state index in [9.17, 15) is 14.4 Å². The Kier molecular flexibility index (Phi) is 7.61. The van der Waals surface area contributed by atoms with E-state index in [2.05, 4.69) is 17.4 Å². The third-order valence-electron chi connectivity index (χ3n) is 5.71. The highest BCUT2D eigenvalue weighted by Crippen LogP contribution is 2.26. The van der Waals surface area contributed by atoms with Gasteiger partial charge in [0.1, 0.15) is 11.9 Å². The maximum absolute atomic E-state index is 14.0. The molecule has 1 N–H and O–H groups in total. The van der Waals surface area contributed by atoms with E-state index in [1.165, 1.54) is 17.2 Å². The number of hydrogen-bond acceptors (Lipinski definition) is 5. The molecule has 0 spiro atoms. The highest BCUT2D eigenvalue weighted by Gasteiger charge is 2.26. The molecule has 6 nitrogen and oxygen atoms in total. The van der Waals surface area contributed by atoms with Crippen molar-refractivity contribution in [3.8, 4) is 6.07 Å². The molecule has 164 valence electrons. The molecule has 1 aliphatic heterocycles. The quantitative estimate of drug-likeness (QED) is 0.628. The summed E-state index contributed by atoms with van der Waals surface area (Å²) in [7, 11) is 1.79. The Hall–Kier alpha value is -2.95. The second-order valence-corrected chi connectivity index (χ2v) is 7.87. The van der Waals surface area contributed by atoms with E-state index in [1.54, 1.807) is 18.1 Å². The zero-order valence-corrected chi connectivity index (χ0v) is 18.5. The first-order valence-electron chi connectivity index (χ1n) is 10.7. The number of halogens is 1. The molecule has 1 aliphatic rings. The summed E-state index contributed by atoms with van der Waals surface area (Å²) in [6.45, 7) is 7.75. The normalized spacial score (nSPS) is 13.0. The van der Waals surface area contributed by atoms with E-state index in [0.717, 1.165) is 25.2 Å². The topological polar surface area (TPSA) is 62.6 Å². The van der Waals surface area contributed by atoms with Crippen LogP contribution in [0.15, 0.2) is 36.4 Å². The maximum Gasteiger partial charge on any atom is 0.256 e. The van der Waals surface area contributed by atoms with Crippen molar-refractivity contribution in [2.24, 2.45) is 0 Å². The van der Waals surface area contributed by atoms with E-state index in [0.29, 0.717) is 25.2 Å². The number of anilines is 1. The van der Waals surface area contributed by atoms with Crippen LogP contribution in [0.25, 0.3) is 0 Å². The standard InChI is InChI=1S/C24H30FN5O/c1-4-27-10-7-11-29(23-13-21(14-26)22(25)12-18(23)2)17-24(31)28(3)30-15-19-8-5-6-9-20(19)16-30/h5-6,8-9,12-13,27H,4,7,10-11,15-17H2,1-3H3. The zero-order valence-electron chi connectivity index (χ0n) is 18.5. The third kappa shape index (κ3) is 5.40. The molecular formula is C24H30FN5O. The Morgan fingerprint density at radius 1 is 1.26 bits per heavy atom. The Morgan fingerprint density at radius 3 is 2.55 bits per heavy atom. The van der Waals surface area contributed by atoms with Gasteiger partial charge >= 0.3 is 0 Å². The van der Waals surface area contributed by atoms with Crippen LogP contribution in [0.2, 0.25) is 0 Å². The molecule has 0 bridgehead atoms. The lowest BCUT2D eigenvalue weighted by molar-refractivity contribution is -0.145. The van der Waals surface area contributed by atoms with Gasteiger partial charge in [-0.1, -0.05) is 31.2 Å². The van der Waals surface area contributed by atoms with Crippen LogP contribution >= 0.6 is 0 Å². The molecule has 7 heteroatoms. The second-order valence-electron chi connectivity index (χ2n) is 7.87. The molecule has 2 aromatic carbocycles. The first kappa shape index (κ1) is 22.7. The van der Waals surface area contributed by atoms with Crippen LogP contribution in [0.3, 0.4) is 0 Å². The number of amides is 1. The number of nitriles is 1. The van der Waals surface area contributed by atoms with Crippen molar-refractivity contribution in [3.63, 3.8) is 0 Å². The monoisotopic (exact) mass is 423 g/mol. The smallest absolute Gasteiger partial charge is 0.256 e. The summed E-state index contributed by atoms with van der Waals surface area (Å²) in [5.74, 6) is -0.576. The Labute approximate surface area is 183 Å². The van der Waals surface area contributed by atoms with E-state index in [4.69, 9.17) is 0 Å². The van der Waals surface area contributed by atoms with Crippen LogP contribution in [-0.2, 0) is 17.9 Å². The van der Waals surface area contributed by atoms with E-state index in [-0.39, 0.29) is 18.0 Å². The molecule has 0 aromatic heterocycles. The predicted octanol–water partition coefficient (Wildman–Crippen LogP) is 3.20. The number of nitrogens with zero attached hydrogens (tertiary/aromatic N) is 4. The van der Waals surface area contributed by atoms with Gasteiger partial charge in [-0.3, -0.25) is 9.80 Å². The van der Waals surface area contributed by atoms with Gasteiger partial charge in [-0.2, -0.15) is 5.26 Å². The van der Waals surface area contributed by atoms with Gasteiger partial charge in [0.05, 0.1) is 12.1 Å². The fraction of sp³-hybridized carbons (Fsp3) is 0.417. The highest BCUT2D eigenvalue weighted by molar-refractivity contribution is 5.81. The molecule has 0 fully saturated rings. The van der Waals surface area contributed by atoms with Crippen LogP contribution in [-0.4, -0.2) is 49.2 Å². The Balaban J connectivity index is 1.75. The van der Waals surface area contributed by atoms with Gasteiger partial charge in [0.2, 0.25) is 0 Å². The number of nitrogens with one attached hydrogen (secondary N) is 1. The largest absolute Gasteiger partial charge is 0.362 e. The third-order valence-corrected chi connectivity index (χ3v) is 5.71. The molecule has 31 heavy (non-hydrogen) atoms. The zero-order chi connectivity index (χ0) is 22.4. The fourth-order valence-corrected chi connectivity index (χ4v) is 3.89. The molecule has 0 unspecified atom stereocenters. The summed E-state index contributed by atoms with van der Waals surface area (Å²) >= 11 is 0. The second kappa shape index (κ2) is 10.4. The van der Waals surface area contributed by atoms with Crippen LogP contribution in [0.5, 0.6) is 0 Å². The molecule has 3 rings (SSSR count). The minimum absolute atomic E-state index is 0.00641. The number of aryl methyl sites for hydroxylation is 1. The number of hydrogen-bond donors (Lipinski definition) is 1. The van der Waals surface area contributed by atoms with Gasteiger partial charge in [-0.15, -0.1) is 0 Å². The number of carbonyl (C=O) groups is 1. The van der Waals surface area contributed by atoms with E-state index < -0.39 is 5.82 Å². The number of fused-ring (bicyclic) bond motifs is 1. The van der Waals surface area contributed by atoms with Crippen LogP contribution in [0.1, 0.15) is 35.6 Å². The number of hydrazine groups is 1. The van der Waals surface area contributed by atoms with Crippen molar-refractivity contribution < 1.29 is 9.18 Å². The number of likely N-dealkylation sites (N-methyl/N-ethyl adjacent to an activating group) is 1. The molecule has 0 atom stereocenters. The van der Waals surface area contributed by atoms with Crippen LogP contribution in [0, 0.1) is 24.1 Å². The molecule has 0 saturated heterocycles. The van der Waals surface area contributed by atoms with Gasteiger partial charge in [0.15, 0.2) is 0 Å². The minimum atomic E-state index is -0.533. The Bertz CT molecular complexity index is 946. The number of carbonyl (C=O) groups excluding carboxylic acids is 1. The van der Waals surface area contributed by atoms with Crippen LogP contribution in [0.4, 0.5) is 10.1 Å². The molecular weight excluding hydrogens is 393 g/mol. The molecule has 1 heterocycles. The van der Waals surface area contributed by atoms with Crippen molar-refractivity contribution in [1.29, 1.82) is 5.26 Å². The lowest BCUT2D eigenvalue weighted by Gasteiger charge is -2.32. The van der Waals surface area contributed by atoms with Crippen molar-refractivity contribution in [2.75, 3.05) is 38.1 Å². The lowest BCUT2D eigenvalue weighted by atomic mass is 10.1. The predicted molar refractivity (Wildman–Crippen MR) is 120 cm³/mol. The van der Waals surface area contributed by atoms with Crippen molar-refractivity contribution >= 4 is 11.6 Å². The maximum atomic E-state index is 14.0. The summed E-state index contributed by atoms with van der Waals surface area (Å²) in [5.41, 5.74) is 3.90. The molecule has 1 amide bonds. The van der Waals surface area contributed by atoms with Gasteiger partial charge < -0.3 is 10.2 Å². The number of benzene rings is 2. The van der Waals surface area contributed by atoms with Gasteiger partial charge in [-0.25, -0.2) is 9.40 Å². The van der Waals surface area contributed by atoms with Gasteiger partial charge in [-0.05, 0) is 55.3 Å². The summed E-state index contributed by atoms with van der Waals surface area (Å²) in [6, 6.07) is 13.0. The van der Waals surface area contributed by atoms with Crippen LogP contribution < -0.4 is 10.2 Å².